The molecule has 1 saturated heterocycles. The fourth-order valence-electron chi connectivity index (χ4n) is 3.55. The van der Waals surface area contributed by atoms with Gasteiger partial charge in [0.2, 0.25) is 0 Å². The van der Waals surface area contributed by atoms with E-state index in [-0.39, 0.29) is 11.8 Å². The van der Waals surface area contributed by atoms with Crippen LogP contribution in [-0.2, 0) is 6.42 Å². The molecule has 0 spiro atoms. The van der Waals surface area contributed by atoms with Gasteiger partial charge in [-0.25, -0.2) is 0 Å². The third-order valence-electron chi connectivity index (χ3n) is 5.16. The van der Waals surface area contributed by atoms with Crippen molar-refractivity contribution in [3.63, 3.8) is 0 Å². The maximum atomic E-state index is 10.6. The van der Waals surface area contributed by atoms with Gasteiger partial charge in [-0.1, -0.05) is 18.2 Å². The van der Waals surface area contributed by atoms with Crippen molar-refractivity contribution in [2.24, 2.45) is 0 Å². The molecule has 0 saturated carbocycles. The highest BCUT2D eigenvalue weighted by Crippen LogP contribution is 2.29. The van der Waals surface area contributed by atoms with Crippen LogP contribution in [0.15, 0.2) is 42.5 Å². The van der Waals surface area contributed by atoms with Crippen LogP contribution in [0, 0.1) is 6.92 Å². The number of hydrogen-bond donors (Lipinski definition) is 3. The number of aromatic hydroxyl groups is 1. The molecule has 25 heavy (non-hydrogen) atoms. The summed E-state index contributed by atoms with van der Waals surface area (Å²) in [6.07, 6.45) is 3.58. The molecular formula is C21H27NO3. The number of phenols is 1. The van der Waals surface area contributed by atoms with E-state index in [1.54, 1.807) is 19.2 Å². The van der Waals surface area contributed by atoms with Crippen LogP contribution in [0.5, 0.6) is 11.5 Å². The van der Waals surface area contributed by atoms with E-state index in [0.717, 1.165) is 42.6 Å². The highest BCUT2D eigenvalue weighted by Gasteiger charge is 2.29. The molecular weight excluding hydrogens is 314 g/mol. The van der Waals surface area contributed by atoms with Gasteiger partial charge in [0.15, 0.2) is 0 Å². The summed E-state index contributed by atoms with van der Waals surface area (Å²) in [5.41, 5.74) is 2.97. The highest BCUT2D eigenvalue weighted by molar-refractivity contribution is 5.36. The van der Waals surface area contributed by atoms with Gasteiger partial charge in [-0.2, -0.15) is 0 Å². The molecule has 2 aromatic carbocycles. The standard InChI is InChI=1S/C21H27NO3/c1-14-13-16(6-12-20(14)23)21(24)19-11-8-17(22-19)7-3-15-4-9-18(25-2)10-5-15/h4-6,9-10,12-13,17,19,21-24H,3,7-8,11H2,1-2H3. The second-order valence-corrected chi connectivity index (χ2v) is 6.92. The molecule has 3 atom stereocenters. The number of hydrogen-bond acceptors (Lipinski definition) is 4. The van der Waals surface area contributed by atoms with Crippen molar-refractivity contribution >= 4 is 0 Å². The van der Waals surface area contributed by atoms with Crippen molar-refractivity contribution in [3.8, 4) is 11.5 Å². The number of aliphatic hydroxyl groups excluding tert-OH is 1. The van der Waals surface area contributed by atoms with Crippen LogP contribution in [-0.4, -0.2) is 29.4 Å². The van der Waals surface area contributed by atoms with E-state index in [0.29, 0.717) is 6.04 Å². The van der Waals surface area contributed by atoms with Crippen molar-refractivity contribution in [3.05, 3.63) is 59.2 Å². The average Bonchev–Trinajstić information content (AvgIpc) is 3.11. The Bertz CT molecular complexity index is 699. The van der Waals surface area contributed by atoms with Gasteiger partial charge in [-0.3, -0.25) is 0 Å². The largest absolute Gasteiger partial charge is 0.508 e. The highest BCUT2D eigenvalue weighted by atomic mass is 16.5. The van der Waals surface area contributed by atoms with E-state index in [2.05, 4.69) is 17.4 Å². The maximum Gasteiger partial charge on any atom is 0.118 e. The third kappa shape index (κ3) is 4.33. The second-order valence-electron chi connectivity index (χ2n) is 6.92. The lowest BCUT2D eigenvalue weighted by atomic mass is 9.99. The van der Waals surface area contributed by atoms with Gasteiger partial charge in [0.05, 0.1) is 13.2 Å². The summed E-state index contributed by atoms with van der Waals surface area (Å²) in [6, 6.07) is 14.0. The van der Waals surface area contributed by atoms with E-state index >= 15 is 0 Å². The first-order valence-electron chi connectivity index (χ1n) is 8.93. The summed E-state index contributed by atoms with van der Waals surface area (Å²) in [7, 11) is 1.68. The molecule has 0 bridgehead atoms. The number of nitrogens with one attached hydrogen (secondary N) is 1. The Morgan fingerprint density at radius 1 is 1.16 bits per heavy atom. The Balaban J connectivity index is 1.52. The van der Waals surface area contributed by atoms with E-state index in [4.69, 9.17) is 4.74 Å². The second kappa shape index (κ2) is 7.89. The lowest BCUT2D eigenvalue weighted by Gasteiger charge is -2.21. The van der Waals surface area contributed by atoms with E-state index < -0.39 is 6.10 Å². The summed E-state index contributed by atoms with van der Waals surface area (Å²) in [5.74, 6) is 1.16. The molecule has 0 aliphatic carbocycles. The first-order valence-corrected chi connectivity index (χ1v) is 8.93. The molecule has 2 aromatic rings. The molecule has 1 fully saturated rings. The first-order chi connectivity index (χ1) is 12.1. The fourth-order valence-corrected chi connectivity index (χ4v) is 3.55. The lowest BCUT2D eigenvalue weighted by molar-refractivity contribution is 0.135. The molecule has 4 heteroatoms. The topological polar surface area (TPSA) is 61.7 Å². The van der Waals surface area contributed by atoms with Crippen LogP contribution in [0.1, 0.15) is 42.1 Å². The summed E-state index contributed by atoms with van der Waals surface area (Å²) < 4.78 is 5.19. The molecule has 0 amide bonds. The number of aliphatic hydroxyl groups is 1. The van der Waals surface area contributed by atoms with Gasteiger partial charge in [0, 0.05) is 12.1 Å². The Morgan fingerprint density at radius 3 is 2.60 bits per heavy atom. The molecule has 3 unspecified atom stereocenters. The number of benzene rings is 2. The number of ether oxygens (including phenoxy) is 1. The molecule has 134 valence electrons. The van der Waals surface area contributed by atoms with E-state index in [1.807, 2.05) is 25.1 Å². The molecule has 3 N–H and O–H groups in total. The van der Waals surface area contributed by atoms with Crippen molar-refractivity contribution in [2.75, 3.05) is 7.11 Å². The van der Waals surface area contributed by atoms with Crippen LogP contribution in [0.3, 0.4) is 0 Å². The molecule has 0 aromatic heterocycles. The Hall–Kier alpha value is -2.04. The minimum Gasteiger partial charge on any atom is -0.508 e. The van der Waals surface area contributed by atoms with Gasteiger partial charge in [0.1, 0.15) is 11.5 Å². The van der Waals surface area contributed by atoms with Crippen molar-refractivity contribution in [1.29, 1.82) is 0 Å². The molecule has 1 heterocycles. The monoisotopic (exact) mass is 341 g/mol. The number of rotatable bonds is 6. The van der Waals surface area contributed by atoms with Crippen LogP contribution < -0.4 is 10.1 Å². The smallest absolute Gasteiger partial charge is 0.118 e. The molecule has 0 radical (unpaired) electrons. The summed E-state index contributed by atoms with van der Waals surface area (Å²) in [6.45, 7) is 1.85. The zero-order valence-corrected chi connectivity index (χ0v) is 14.9. The zero-order chi connectivity index (χ0) is 17.8. The Labute approximate surface area is 149 Å². The summed E-state index contributed by atoms with van der Waals surface area (Å²) in [5, 5.41) is 23.9. The van der Waals surface area contributed by atoms with Gasteiger partial charge in [0.25, 0.3) is 0 Å². The molecule has 4 nitrogen and oxygen atoms in total. The number of methoxy groups -OCH3 is 1. The summed E-state index contributed by atoms with van der Waals surface area (Å²) >= 11 is 0. The Kier molecular flexibility index (Phi) is 5.61. The van der Waals surface area contributed by atoms with Crippen LogP contribution >= 0.6 is 0 Å². The summed E-state index contributed by atoms with van der Waals surface area (Å²) in [4.78, 5) is 0. The normalized spacial score (nSPS) is 21.2. The van der Waals surface area contributed by atoms with Gasteiger partial charge in [-0.05, 0) is 73.6 Å². The number of aryl methyl sites for hydroxylation is 2. The first kappa shape index (κ1) is 17.8. The predicted molar refractivity (Wildman–Crippen MR) is 99.1 cm³/mol. The van der Waals surface area contributed by atoms with Crippen molar-refractivity contribution < 1.29 is 14.9 Å². The fraction of sp³-hybridized carbons (Fsp3) is 0.429. The zero-order valence-electron chi connectivity index (χ0n) is 14.9. The average molecular weight is 341 g/mol. The van der Waals surface area contributed by atoms with Crippen LogP contribution in [0.2, 0.25) is 0 Å². The third-order valence-corrected chi connectivity index (χ3v) is 5.16. The van der Waals surface area contributed by atoms with E-state index in [1.165, 1.54) is 5.56 Å². The van der Waals surface area contributed by atoms with Crippen molar-refractivity contribution in [1.82, 2.24) is 5.32 Å². The van der Waals surface area contributed by atoms with Gasteiger partial charge >= 0.3 is 0 Å². The molecule has 1 aliphatic rings. The minimum atomic E-state index is -0.537. The predicted octanol–water partition coefficient (Wildman–Crippen LogP) is 3.50. The molecule has 3 rings (SSSR count). The molecule has 1 aliphatic heterocycles. The quantitative estimate of drug-likeness (QED) is 0.753. The SMILES string of the molecule is COc1ccc(CCC2CCC(C(O)c3ccc(O)c(C)c3)N2)cc1. The van der Waals surface area contributed by atoms with E-state index in [9.17, 15) is 10.2 Å². The van der Waals surface area contributed by atoms with Crippen LogP contribution in [0.4, 0.5) is 0 Å². The van der Waals surface area contributed by atoms with Crippen LogP contribution in [0.25, 0.3) is 0 Å². The Morgan fingerprint density at radius 2 is 1.92 bits per heavy atom. The van der Waals surface area contributed by atoms with Gasteiger partial charge < -0.3 is 20.3 Å². The number of phenolic OH excluding ortho intramolecular Hbond substituents is 1. The van der Waals surface area contributed by atoms with Crippen molar-refractivity contribution in [2.45, 2.75) is 50.8 Å². The maximum absolute atomic E-state index is 10.6. The minimum absolute atomic E-state index is 0.0739. The van der Waals surface area contributed by atoms with Gasteiger partial charge in [-0.15, -0.1) is 0 Å². The lowest BCUT2D eigenvalue weighted by Crippen LogP contribution is -2.34.